The third kappa shape index (κ3) is 5.07. The average Bonchev–Trinajstić information content (AvgIpc) is 2.16. The lowest BCUT2D eigenvalue weighted by Gasteiger charge is -1.94. The topological polar surface area (TPSA) is 84.6 Å². The number of phenolic OH excluding ortho intramolecular Hbond substituents is 1. The number of halogens is 2. The van der Waals surface area contributed by atoms with Gasteiger partial charge in [0, 0.05) is 11.5 Å². The largest absolute Gasteiger partial charge is 0.508 e. The van der Waals surface area contributed by atoms with E-state index in [0.717, 1.165) is 5.39 Å². The number of aromatic hydroxyl groups is 1. The molecular weight excluding hydrogens is 258 g/mol. The lowest BCUT2D eigenvalue weighted by atomic mass is 10.2. The van der Waals surface area contributed by atoms with Crippen LogP contribution < -0.4 is 5.63 Å². The first kappa shape index (κ1) is 13.1. The van der Waals surface area contributed by atoms with Gasteiger partial charge in [-0.2, -0.15) is 8.42 Å². The Morgan fingerprint density at radius 3 is 2.29 bits per heavy atom. The summed E-state index contributed by atoms with van der Waals surface area (Å²) in [7, 11) is -5.67. The number of fused-ring (bicyclic) bond motifs is 1. The molecule has 0 saturated heterocycles. The zero-order valence-electron chi connectivity index (χ0n) is 8.13. The van der Waals surface area contributed by atoms with Gasteiger partial charge in [-0.3, -0.25) is 0 Å². The smallest absolute Gasteiger partial charge is 0.476 e. The maximum Gasteiger partial charge on any atom is 0.476 e. The summed E-state index contributed by atoms with van der Waals surface area (Å²) in [5, 5.41) is 9.80. The Morgan fingerprint density at radius 2 is 1.71 bits per heavy atom. The standard InChI is InChI=1S/C9H6O3.F2O2S/c10-7-2-3-8-6(5-7)1-4-9(11)12-8;1-5(2,3)4/h1-5,10H;. The van der Waals surface area contributed by atoms with Crippen LogP contribution in [0.15, 0.2) is 39.5 Å². The molecule has 0 amide bonds. The summed E-state index contributed by atoms with van der Waals surface area (Å²) in [4.78, 5) is 10.7. The van der Waals surface area contributed by atoms with Crippen molar-refractivity contribution in [3.8, 4) is 5.75 Å². The Labute approximate surface area is 94.4 Å². The van der Waals surface area contributed by atoms with E-state index in [2.05, 4.69) is 0 Å². The highest BCUT2D eigenvalue weighted by Crippen LogP contribution is 2.17. The van der Waals surface area contributed by atoms with Gasteiger partial charge in [-0.15, -0.1) is 0 Å². The summed E-state index contributed by atoms with van der Waals surface area (Å²) >= 11 is 0. The van der Waals surface area contributed by atoms with E-state index in [9.17, 15) is 12.6 Å². The second-order valence-electron chi connectivity index (χ2n) is 2.85. The first-order chi connectivity index (χ1) is 7.75. The van der Waals surface area contributed by atoms with Gasteiger partial charge in [0.15, 0.2) is 0 Å². The van der Waals surface area contributed by atoms with Crippen molar-refractivity contribution in [1.82, 2.24) is 0 Å². The van der Waals surface area contributed by atoms with Crippen LogP contribution in [0.2, 0.25) is 0 Å². The van der Waals surface area contributed by atoms with Gasteiger partial charge in [0.1, 0.15) is 11.3 Å². The molecule has 1 heterocycles. The summed E-state index contributed by atoms with van der Waals surface area (Å²) in [6.45, 7) is 0. The molecule has 17 heavy (non-hydrogen) atoms. The highest BCUT2D eigenvalue weighted by Gasteiger charge is 1.96. The van der Waals surface area contributed by atoms with Crippen LogP contribution in [0.25, 0.3) is 11.0 Å². The summed E-state index contributed by atoms with van der Waals surface area (Å²) in [6, 6.07) is 7.51. The third-order valence-electron chi connectivity index (χ3n) is 1.60. The second kappa shape index (κ2) is 4.91. The van der Waals surface area contributed by atoms with Gasteiger partial charge < -0.3 is 9.52 Å². The fourth-order valence-corrected chi connectivity index (χ4v) is 1.06. The summed E-state index contributed by atoms with van der Waals surface area (Å²) in [5.74, 6) is 0.163. The van der Waals surface area contributed by atoms with Crippen LogP contribution in [0.3, 0.4) is 0 Å². The monoisotopic (exact) mass is 264 g/mol. The first-order valence-corrected chi connectivity index (χ1v) is 5.41. The number of rotatable bonds is 0. The van der Waals surface area contributed by atoms with E-state index in [1.165, 1.54) is 18.2 Å². The fraction of sp³-hybridized carbons (Fsp3) is 0. The van der Waals surface area contributed by atoms with Gasteiger partial charge in [0.05, 0.1) is 0 Å². The van der Waals surface area contributed by atoms with Gasteiger partial charge in [0.2, 0.25) is 0 Å². The van der Waals surface area contributed by atoms with Gasteiger partial charge in [-0.05, 0) is 24.3 Å². The van der Waals surface area contributed by atoms with Crippen molar-refractivity contribution in [1.29, 1.82) is 0 Å². The lowest BCUT2D eigenvalue weighted by molar-refractivity contribution is 0.475. The van der Waals surface area contributed by atoms with E-state index in [4.69, 9.17) is 17.9 Å². The second-order valence-corrected chi connectivity index (χ2v) is 3.61. The molecule has 0 saturated carbocycles. The molecule has 2 rings (SSSR count). The maximum absolute atomic E-state index is 10.7. The molecule has 0 aliphatic rings. The van der Waals surface area contributed by atoms with Crippen LogP contribution >= 0.6 is 0 Å². The molecule has 1 aromatic carbocycles. The molecule has 2 aromatic rings. The molecule has 1 N–H and O–H groups in total. The average molecular weight is 264 g/mol. The van der Waals surface area contributed by atoms with E-state index in [1.54, 1.807) is 12.1 Å². The first-order valence-electron chi connectivity index (χ1n) is 4.13. The van der Waals surface area contributed by atoms with Crippen molar-refractivity contribution < 1.29 is 25.7 Å². The molecule has 0 aliphatic carbocycles. The van der Waals surface area contributed by atoms with E-state index < -0.39 is 10.6 Å². The van der Waals surface area contributed by atoms with Crippen molar-refractivity contribution in [3.63, 3.8) is 0 Å². The quantitative estimate of drug-likeness (QED) is 0.578. The number of hydrogen-bond acceptors (Lipinski definition) is 5. The van der Waals surface area contributed by atoms with Crippen molar-refractivity contribution in [3.05, 3.63) is 40.8 Å². The molecule has 0 bridgehead atoms. The molecule has 1 aromatic heterocycles. The van der Waals surface area contributed by atoms with Crippen molar-refractivity contribution in [2.45, 2.75) is 0 Å². The van der Waals surface area contributed by atoms with Crippen molar-refractivity contribution in [2.75, 3.05) is 0 Å². The van der Waals surface area contributed by atoms with Crippen molar-refractivity contribution in [2.24, 2.45) is 0 Å². The van der Waals surface area contributed by atoms with Crippen LogP contribution in [0.5, 0.6) is 5.75 Å². The van der Waals surface area contributed by atoms with Crippen LogP contribution in [-0.2, 0) is 10.6 Å². The zero-order chi connectivity index (χ0) is 13.1. The summed E-state index contributed by atoms with van der Waals surface area (Å²) in [6.07, 6.45) is 0. The normalized spacial score (nSPS) is 10.7. The molecule has 5 nitrogen and oxygen atoms in total. The molecule has 92 valence electrons. The Morgan fingerprint density at radius 1 is 1.12 bits per heavy atom. The maximum atomic E-state index is 10.7. The third-order valence-corrected chi connectivity index (χ3v) is 1.60. The highest BCUT2D eigenvalue weighted by molar-refractivity contribution is 7.81. The minimum atomic E-state index is -5.67. The summed E-state index contributed by atoms with van der Waals surface area (Å²) < 4.78 is 41.4. The molecule has 0 radical (unpaired) electrons. The molecule has 0 aliphatic heterocycles. The van der Waals surface area contributed by atoms with Gasteiger partial charge in [0.25, 0.3) is 0 Å². The van der Waals surface area contributed by atoms with Crippen LogP contribution in [0.4, 0.5) is 7.77 Å². The van der Waals surface area contributed by atoms with Crippen LogP contribution in [-0.4, -0.2) is 13.5 Å². The van der Waals surface area contributed by atoms with Gasteiger partial charge >= 0.3 is 16.2 Å². The number of hydrogen-bond donors (Lipinski definition) is 1. The van der Waals surface area contributed by atoms with E-state index in [1.807, 2.05) is 0 Å². The lowest BCUT2D eigenvalue weighted by Crippen LogP contribution is -1.93. The van der Waals surface area contributed by atoms with E-state index in [0.29, 0.717) is 5.58 Å². The van der Waals surface area contributed by atoms with Gasteiger partial charge in [-0.25, -0.2) is 4.79 Å². The van der Waals surface area contributed by atoms with E-state index >= 15 is 0 Å². The minimum absolute atomic E-state index is 0.163. The predicted octanol–water partition coefficient (Wildman–Crippen LogP) is 1.67. The van der Waals surface area contributed by atoms with Crippen molar-refractivity contribution >= 4 is 21.6 Å². The Hall–Kier alpha value is -1.96. The van der Waals surface area contributed by atoms with Crippen LogP contribution in [0.1, 0.15) is 0 Å². The Balaban J connectivity index is 0.000000249. The Kier molecular flexibility index (Phi) is 3.79. The Bertz CT molecular complexity index is 669. The summed E-state index contributed by atoms with van der Waals surface area (Å²) in [5.41, 5.74) is 0.105. The number of phenols is 1. The SMILES string of the molecule is O=S(=O)(F)F.O=c1ccc2cc(O)ccc2o1. The molecule has 0 atom stereocenters. The minimum Gasteiger partial charge on any atom is -0.508 e. The number of benzene rings is 1. The molecular formula is C9H6F2O5S. The molecule has 0 unspecified atom stereocenters. The molecule has 0 fully saturated rings. The predicted molar refractivity (Wildman–Crippen MR) is 55.3 cm³/mol. The van der Waals surface area contributed by atoms with Crippen LogP contribution in [0, 0.1) is 0 Å². The van der Waals surface area contributed by atoms with E-state index in [-0.39, 0.29) is 11.4 Å². The fourth-order valence-electron chi connectivity index (χ4n) is 1.06. The molecule has 8 heteroatoms. The molecule has 0 spiro atoms. The zero-order valence-corrected chi connectivity index (χ0v) is 8.95. The highest BCUT2D eigenvalue weighted by atomic mass is 32.3. The van der Waals surface area contributed by atoms with Gasteiger partial charge in [-0.1, -0.05) is 7.77 Å².